The molecular formula is C20H28N2O4. The molecule has 2 aliphatic rings. The topological polar surface area (TPSA) is 76.7 Å². The van der Waals surface area contributed by atoms with E-state index in [1.807, 2.05) is 24.3 Å². The van der Waals surface area contributed by atoms with Crippen LogP contribution in [0.4, 0.5) is 5.69 Å². The van der Waals surface area contributed by atoms with E-state index in [4.69, 9.17) is 9.47 Å². The summed E-state index contributed by atoms with van der Waals surface area (Å²) in [7, 11) is 1.60. The van der Waals surface area contributed by atoms with Gasteiger partial charge in [-0.3, -0.25) is 9.59 Å². The highest BCUT2D eigenvalue weighted by atomic mass is 16.5. The zero-order valence-electron chi connectivity index (χ0n) is 15.3. The van der Waals surface area contributed by atoms with E-state index in [1.54, 1.807) is 7.11 Å². The van der Waals surface area contributed by atoms with Gasteiger partial charge in [-0.15, -0.1) is 0 Å². The second-order valence-electron chi connectivity index (χ2n) is 7.15. The van der Waals surface area contributed by atoms with Crippen molar-refractivity contribution in [3.63, 3.8) is 0 Å². The van der Waals surface area contributed by atoms with Gasteiger partial charge in [-0.25, -0.2) is 0 Å². The van der Waals surface area contributed by atoms with Gasteiger partial charge in [0.25, 0.3) is 0 Å². The van der Waals surface area contributed by atoms with Gasteiger partial charge in [0.1, 0.15) is 5.75 Å². The quantitative estimate of drug-likeness (QED) is 0.818. The van der Waals surface area contributed by atoms with Crippen LogP contribution in [0, 0.1) is 11.8 Å². The summed E-state index contributed by atoms with van der Waals surface area (Å²) in [4.78, 5) is 24.8. The van der Waals surface area contributed by atoms with E-state index in [0.29, 0.717) is 6.54 Å². The van der Waals surface area contributed by atoms with E-state index in [9.17, 15) is 9.59 Å². The van der Waals surface area contributed by atoms with Crippen molar-refractivity contribution in [1.82, 2.24) is 5.32 Å². The molecule has 0 radical (unpaired) electrons. The highest BCUT2D eigenvalue weighted by Gasteiger charge is 2.30. The third-order valence-electron chi connectivity index (χ3n) is 5.33. The fourth-order valence-corrected chi connectivity index (χ4v) is 3.73. The zero-order valence-corrected chi connectivity index (χ0v) is 15.3. The minimum atomic E-state index is -0.0385. The van der Waals surface area contributed by atoms with Crippen molar-refractivity contribution < 1.29 is 19.1 Å². The summed E-state index contributed by atoms with van der Waals surface area (Å²) in [6.45, 7) is 1.41. The monoisotopic (exact) mass is 360 g/mol. The molecule has 2 N–H and O–H groups in total. The van der Waals surface area contributed by atoms with Crippen LogP contribution in [0.3, 0.4) is 0 Å². The summed E-state index contributed by atoms with van der Waals surface area (Å²) in [5.41, 5.74) is 0.741. The molecule has 0 bridgehead atoms. The maximum atomic E-state index is 12.5. The van der Waals surface area contributed by atoms with Crippen LogP contribution in [-0.4, -0.2) is 38.2 Å². The highest BCUT2D eigenvalue weighted by molar-refractivity contribution is 5.93. The highest BCUT2D eigenvalue weighted by Crippen LogP contribution is 2.30. The first-order chi connectivity index (χ1) is 12.7. The third kappa shape index (κ3) is 4.97. The Morgan fingerprint density at radius 1 is 1.12 bits per heavy atom. The number of carbonyl (C=O) groups excluding carboxylic acids is 2. The fourth-order valence-electron chi connectivity index (χ4n) is 3.73. The second-order valence-corrected chi connectivity index (χ2v) is 7.15. The maximum Gasteiger partial charge on any atom is 0.227 e. The molecule has 0 spiro atoms. The van der Waals surface area contributed by atoms with Crippen molar-refractivity contribution in [2.24, 2.45) is 11.8 Å². The number of hydrogen-bond donors (Lipinski definition) is 2. The Bertz CT molecular complexity index is 620. The van der Waals surface area contributed by atoms with Crippen molar-refractivity contribution in [3.8, 4) is 5.75 Å². The molecule has 1 atom stereocenters. The summed E-state index contributed by atoms with van der Waals surface area (Å²) in [6, 6.07) is 7.35. The number of carbonyl (C=O) groups is 2. The number of rotatable bonds is 6. The molecule has 1 aliphatic carbocycles. The van der Waals surface area contributed by atoms with Crippen molar-refractivity contribution in [1.29, 1.82) is 0 Å². The van der Waals surface area contributed by atoms with Gasteiger partial charge in [0, 0.05) is 36.7 Å². The summed E-state index contributed by atoms with van der Waals surface area (Å²) >= 11 is 0. The van der Waals surface area contributed by atoms with Gasteiger partial charge in [-0.05, 0) is 50.7 Å². The summed E-state index contributed by atoms with van der Waals surface area (Å²) in [5, 5.41) is 5.97. The second kappa shape index (κ2) is 9.03. The lowest BCUT2D eigenvalue weighted by atomic mass is 9.81. The smallest absolute Gasteiger partial charge is 0.227 e. The lowest BCUT2D eigenvalue weighted by Gasteiger charge is -2.27. The van der Waals surface area contributed by atoms with Gasteiger partial charge in [0.15, 0.2) is 0 Å². The Morgan fingerprint density at radius 3 is 2.50 bits per heavy atom. The van der Waals surface area contributed by atoms with Crippen LogP contribution < -0.4 is 15.4 Å². The van der Waals surface area contributed by atoms with E-state index in [0.717, 1.165) is 56.6 Å². The van der Waals surface area contributed by atoms with Crippen LogP contribution in [0.1, 0.15) is 38.5 Å². The molecule has 142 valence electrons. The van der Waals surface area contributed by atoms with Crippen LogP contribution in [0.2, 0.25) is 0 Å². The van der Waals surface area contributed by atoms with Gasteiger partial charge in [0.05, 0.1) is 13.2 Å². The van der Waals surface area contributed by atoms with Gasteiger partial charge in [-0.2, -0.15) is 0 Å². The number of anilines is 1. The normalized spacial score (nSPS) is 25.5. The Morgan fingerprint density at radius 2 is 1.85 bits per heavy atom. The molecule has 6 heteroatoms. The van der Waals surface area contributed by atoms with Gasteiger partial charge in [0.2, 0.25) is 11.8 Å². The van der Waals surface area contributed by atoms with Gasteiger partial charge in [-0.1, -0.05) is 6.07 Å². The Labute approximate surface area is 154 Å². The first kappa shape index (κ1) is 18.7. The number of benzene rings is 1. The van der Waals surface area contributed by atoms with Gasteiger partial charge < -0.3 is 20.1 Å². The molecule has 1 aliphatic heterocycles. The van der Waals surface area contributed by atoms with E-state index >= 15 is 0 Å². The maximum absolute atomic E-state index is 12.5. The summed E-state index contributed by atoms with van der Waals surface area (Å²) in [6.07, 6.45) is 5.28. The minimum absolute atomic E-state index is 0.0114. The van der Waals surface area contributed by atoms with Crippen LogP contribution in [0.5, 0.6) is 5.75 Å². The molecule has 2 amide bonds. The minimum Gasteiger partial charge on any atom is -0.497 e. The number of nitrogens with one attached hydrogen (secondary N) is 2. The lowest BCUT2D eigenvalue weighted by Crippen LogP contribution is -2.38. The summed E-state index contributed by atoms with van der Waals surface area (Å²) < 4.78 is 10.7. The molecule has 2 fully saturated rings. The predicted octanol–water partition coefficient (Wildman–Crippen LogP) is 2.74. The molecule has 3 rings (SSSR count). The van der Waals surface area contributed by atoms with Gasteiger partial charge >= 0.3 is 0 Å². The average Bonchev–Trinajstić information content (AvgIpc) is 3.20. The number of methoxy groups -OCH3 is 1. The predicted molar refractivity (Wildman–Crippen MR) is 99.1 cm³/mol. The third-order valence-corrected chi connectivity index (χ3v) is 5.33. The largest absolute Gasteiger partial charge is 0.497 e. The van der Waals surface area contributed by atoms with E-state index < -0.39 is 0 Å². The van der Waals surface area contributed by atoms with Crippen molar-refractivity contribution in [3.05, 3.63) is 24.3 Å². The van der Waals surface area contributed by atoms with E-state index in [2.05, 4.69) is 10.6 Å². The Hall–Kier alpha value is -2.08. The molecule has 1 saturated carbocycles. The summed E-state index contributed by atoms with van der Waals surface area (Å²) in [5.74, 6) is 0.818. The Kier molecular flexibility index (Phi) is 6.50. The van der Waals surface area contributed by atoms with Crippen LogP contribution in [-0.2, 0) is 14.3 Å². The number of hydrogen-bond acceptors (Lipinski definition) is 4. The standard InChI is InChI=1S/C20H28N2O4/c1-25-17-5-2-4-16(12-17)22-20(24)15-9-7-14(8-10-15)19(23)21-13-18-6-3-11-26-18/h2,4-5,12,14-15,18H,3,6-11,13H2,1H3,(H,21,23)(H,22,24). The van der Waals surface area contributed by atoms with Crippen molar-refractivity contribution in [2.45, 2.75) is 44.6 Å². The molecule has 26 heavy (non-hydrogen) atoms. The number of amides is 2. The molecule has 1 saturated heterocycles. The zero-order chi connectivity index (χ0) is 18.4. The molecular weight excluding hydrogens is 332 g/mol. The Balaban J connectivity index is 1.42. The molecule has 1 aromatic rings. The first-order valence-corrected chi connectivity index (χ1v) is 9.50. The molecule has 0 aromatic heterocycles. The van der Waals surface area contributed by atoms with E-state index in [-0.39, 0.29) is 29.8 Å². The molecule has 1 unspecified atom stereocenters. The SMILES string of the molecule is COc1cccc(NC(=O)C2CCC(C(=O)NCC3CCCO3)CC2)c1. The average molecular weight is 360 g/mol. The lowest BCUT2D eigenvalue weighted by molar-refractivity contribution is -0.128. The first-order valence-electron chi connectivity index (χ1n) is 9.50. The van der Waals surface area contributed by atoms with Crippen LogP contribution in [0.15, 0.2) is 24.3 Å². The molecule has 6 nitrogen and oxygen atoms in total. The van der Waals surface area contributed by atoms with Crippen molar-refractivity contribution >= 4 is 17.5 Å². The molecule has 1 aromatic carbocycles. The van der Waals surface area contributed by atoms with E-state index in [1.165, 1.54) is 0 Å². The number of ether oxygens (including phenoxy) is 2. The molecule has 1 heterocycles. The van der Waals surface area contributed by atoms with Crippen LogP contribution >= 0.6 is 0 Å². The fraction of sp³-hybridized carbons (Fsp3) is 0.600. The van der Waals surface area contributed by atoms with Crippen molar-refractivity contribution in [2.75, 3.05) is 25.6 Å². The van der Waals surface area contributed by atoms with Crippen LogP contribution in [0.25, 0.3) is 0 Å².